The Morgan fingerprint density at radius 3 is 2.95 bits per heavy atom. The van der Waals surface area contributed by atoms with Crippen molar-refractivity contribution in [2.45, 2.75) is 51.2 Å². The monoisotopic (exact) mass is 352 g/mol. The maximum Gasteiger partial charge on any atom is 0.329 e. The second-order valence-corrected chi connectivity index (χ2v) is 6.79. The summed E-state index contributed by atoms with van der Waals surface area (Å²) < 4.78 is 11.7. The van der Waals surface area contributed by atoms with Crippen molar-refractivity contribution in [3.63, 3.8) is 0 Å². The first kappa shape index (κ1) is 14.6. The van der Waals surface area contributed by atoms with Crippen molar-refractivity contribution in [1.29, 1.82) is 0 Å². The molecule has 0 N–H and O–H groups in total. The van der Waals surface area contributed by atoms with Gasteiger partial charge >= 0.3 is 11.9 Å². The highest BCUT2D eigenvalue weighted by Crippen LogP contribution is 2.48. The molecule has 2 bridgehead atoms. The highest BCUT2D eigenvalue weighted by atomic mass is 79.9. The van der Waals surface area contributed by atoms with E-state index in [-0.39, 0.29) is 18.2 Å². The predicted molar refractivity (Wildman–Crippen MR) is 79.2 cm³/mol. The first-order valence-electron chi connectivity index (χ1n) is 7.33. The molecule has 0 aromatic rings. The molecule has 4 atom stereocenters. The number of rotatable bonds is 0. The molecule has 0 aromatic carbocycles. The number of esters is 2. The fraction of sp³-hybridized carbons (Fsp3) is 0.625. The summed E-state index contributed by atoms with van der Waals surface area (Å²) in [6.07, 6.45) is 5.12. The van der Waals surface area contributed by atoms with Gasteiger partial charge in [0.25, 0.3) is 0 Å². The maximum absolute atomic E-state index is 12.5. The molecular formula is C16H17BrO4. The lowest BCUT2D eigenvalue weighted by molar-refractivity contribution is -0.179. The molecule has 0 saturated carbocycles. The highest BCUT2D eigenvalue weighted by molar-refractivity contribution is 9.11. The first-order valence-corrected chi connectivity index (χ1v) is 8.12. The molecule has 3 aliphatic heterocycles. The summed E-state index contributed by atoms with van der Waals surface area (Å²) in [7, 11) is 0. The van der Waals surface area contributed by atoms with Crippen molar-refractivity contribution in [2.24, 2.45) is 11.3 Å². The smallest absolute Gasteiger partial charge is 0.329 e. The van der Waals surface area contributed by atoms with Gasteiger partial charge in [0.05, 0.1) is 12.0 Å². The molecule has 0 unspecified atom stereocenters. The van der Waals surface area contributed by atoms with E-state index in [0.717, 1.165) is 30.2 Å². The zero-order valence-electron chi connectivity index (χ0n) is 11.9. The number of fused-ring (bicyclic) bond motifs is 1. The lowest BCUT2D eigenvalue weighted by atomic mass is 9.67. The van der Waals surface area contributed by atoms with E-state index in [0.29, 0.717) is 6.42 Å². The van der Waals surface area contributed by atoms with Gasteiger partial charge in [-0.15, -0.1) is 5.92 Å². The molecule has 5 heteroatoms. The van der Waals surface area contributed by atoms with Gasteiger partial charge in [0.1, 0.15) is 6.10 Å². The van der Waals surface area contributed by atoms with Gasteiger partial charge in [-0.25, -0.2) is 0 Å². The lowest BCUT2D eigenvalue weighted by Gasteiger charge is -2.43. The van der Waals surface area contributed by atoms with Crippen molar-refractivity contribution in [2.75, 3.05) is 0 Å². The number of hydrogen-bond acceptors (Lipinski definition) is 4. The van der Waals surface area contributed by atoms with Crippen molar-refractivity contribution in [1.82, 2.24) is 0 Å². The Morgan fingerprint density at radius 2 is 2.14 bits per heavy atom. The molecular weight excluding hydrogens is 336 g/mol. The van der Waals surface area contributed by atoms with E-state index in [1.807, 2.05) is 6.92 Å². The Balaban J connectivity index is 2.03. The standard InChI is InChI=1S/C16H17BrO4/c1-10-6-4-2-3-5-7-16-9-12(17)13(21-15(16)19)8-11(16)14(18)20-10/h9-11,13H,2-4,6,8H2,1H3/t10-,11+,13-,16-/m1/s1. The van der Waals surface area contributed by atoms with E-state index in [9.17, 15) is 9.59 Å². The molecule has 21 heavy (non-hydrogen) atoms. The van der Waals surface area contributed by atoms with Crippen molar-refractivity contribution in [3.05, 3.63) is 10.6 Å². The van der Waals surface area contributed by atoms with Crippen LogP contribution in [0.5, 0.6) is 0 Å². The first-order chi connectivity index (χ1) is 10.0. The number of hydrogen-bond donors (Lipinski definition) is 0. The van der Waals surface area contributed by atoms with E-state index in [4.69, 9.17) is 9.47 Å². The average Bonchev–Trinajstić information content (AvgIpc) is 2.45. The predicted octanol–water partition coefficient (Wildman–Crippen LogP) is 2.71. The number of carbonyl (C=O) groups excluding carboxylic acids is 2. The fourth-order valence-electron chi connectivity index (χ4n) is 3.11. The minimum absolute atomic E-state index is 0.128. The SMILES string of the molecule is C[C@@H]1CCCCC#C[C@@]23C=C(Br)[C@@H](C[C@H]2C(=O)O1)OC3=O. The summed E-state index contributed by atoms with van der Waals surface area (Å²) in [5.41, 5.74) is -1.19. The van der Waals surface area contributed by atoms with Crippen LogP contribution in [0.2, 0.25) is 0 Å². The third-order valence-corrected chi connectivity index (χ3v) is 5.06. The molecule has 3 heterocycles. The summed E-state index contributed by atoms with van der Waals surface area (Å²) in [6, 6.07) is 0. The van der Waals surface area contributed by atoms with E-state index < -0.39 is 17.3 Å². The van der Waals surface area contributed by atoms with Gasteiger partial charge in [-0.1, -0.05) is 21.9 Å². The van der Waals surface area contributed by atoms with Gasteiger partial charge in [-0.05, 0) is 32.3 Å². The third-order valence-electron chi connectivity index (χ3n) is 4.32. The van der Waals surface area contributed by atoms with E-state index in [2.05, 4.69) is 27.8 Å². The van der Waals surface area contributed by atoms with Crippen LogP contribution in [0, 0.1) is 23.2 Å². The van der Waals surface area contributed by atoms with E-state index in [1.54, 1.807) is 6.08 Å². The van der Waals surface area contributed by atoms with Crippen molar-refractivity contribution >= 4 is 27.9 Å². The van der Waals surface area contributed by atoms with E-state index in [1.165, 1.54) is 0 Å². The summed E-state index contributed by atoms with van der Waals surface area (Å²) in [5, 5.41) is 0. The third kappa shape index (κ3) is 2.50. The van der Waals surface area contributed by atoms with Gasteiger partial charge in [0, 0.05) is 17.3 Å². The van der Waals surface area contributed by atoms with Crippen LogP contribution < -0.4 is 0 Å². The molecule has 1 saturated heterocycles. The molecule has 0 radical (unpaired) electrons. The average molecular weight is 353 g/mol. The van der Waals surface area contributed by atoms with Gasteiger partial charge in [0.15, 0.2) is 5.41 Å². The normalized spacial score (nSPS) is 39.0. The Kier molecular flexibility index (Phi) is 3.83. The van der Waals surface area contributed by atoms with Crippen LogP contribution in [0.1, 0.15) is 39.0 Å². The van der Waals surface area contributed by atoms with Gasteiger partial charge in [-0.2, -0.15) is 0 Å². The number of carbonyl (C=O) groups is 2. The highest BCUT2D eigenvalue weighted by Gasteiger charge is 2.58. The van der Waals surface area contributed by atoms with Crippen LogP contribution in [0.3, 0.4) is 0 Å². The van der Waals surface area contributed by atoms with Crippen molar-refractivity contribution in [3.8, 4) is 11.8 Å². The topological polar surface area (TPSA) is 52.6 Å². The lowest BCUT2D eigenvalue weighted by Crippen LogP contribution is -2.53. The Morgan fingerprint density at radius 1 is 1.33 bits per heavy atom. The summed E-state index contributed by atoms with van der Waals surface area (Å²) in [4.78, 5) is 24.8. The van der Waals surface area contributed by atoms with Crippen LogP contribution in [0.25, 0.3) is 0 Å². The molecule has 112 valence electrons. The number of halogens is 1. The van der Waals surface area contributed by atoms with E-state index >= 15 is 0 Å². The van der Waals surface area contributed by atoms with Gasteiger partial charge < -0.3 is 9.47 Å². The largest absolute Gasteiger partial charge is 0.462 e. The van der Waals surface area contributed by atoms with Crippen molar-refractivity contribution < 1.29 is 19.1 Å². The quantitative estimate of drug-likeness (QED) is 0.496. The fourth-order valence-corrected chi connectivity index (χ4v) is 3.75. The minimum atomic E-state index is -1.19. The van der Waals surface area contributed by atoms with Crippen LogP contribution in [-0.4, -0.2) is 24.1 Å². The second kappa shape index (κ2) is 5.49. The Bertz CT molecular complexity index is 571. The zero-order valence-corrected chi connectivity index (χ0v) is 13.4. The maximum atomic E-state index is 12.5. The summed E-state index contributed by atoms with van der Waals surface area (Å²) in [6.45, 7) is 1.90. The second-order valence-electron chi connectivity index (χ2n) is 5.88. The molecule has 0 aromatic heterocycles. The molecule has 4 nitrogen and oxygen atoms in total. The van der Waals surface area contributed by atoms with Crippen LogP contribution in [0.15, 0.2) is 10.6 Å². The zero-order chi connectivity index (χ0) is 15.0. The Hall–Kier alpha value is -1.28. The van der Waals surface area contributed by atoms with Crippen LogP contribution >= 0.6 is 15.9 Å². The molecule has 1 spiro atoms. The Labute approximate surface area is 132 Å². The summed E-state index contributed by atoms with van der Waals surface area (Å²) >= 11 is 3.42. The van der Waals surface area contributed by atoms with Gasteiger partial charge in [-0.3, -0.25) is 9.59 Å². The van der Waals surface area contributed by atoms with Crippen LogP contribution in [-0.2, 0) is 19.1 Å². The van der Waals surface area contributed by atoms with Crippen LogP contribution in [0.4, 0.5) is 0 Å². The number of ether oxygens (including phenoxy) is 2. The minimum Gasteiger partial charge on any atom is -0.462 e. The molecule has 0 amide bonds. The molecule has 1 aliphatic carbocycles. The molecule has 1 fully saturated rings. The van der Waals surface area contributed by atoms with Gasteiger partial charge in [0.2, 0.25) is 0 Å². The molecule has 4 aliphatic rings. The number of cyclic esters (lactones) is 1. The summed E-state index contributed by atoms with van der Waals surface area (Å²) in [5.74, 6) is 4.74. The molecule has 4 rings (SSSR count).